The largest absolute Gasteiger partial charge is 0.289 e. The molecule has 1 amide bonds. The first-order valence-corrected chi connectivity index (χ1v) is 12.8. The van der Waals surface area contributed by atoms with Crippen molar-refractivity contribution in [2.75, 3.05) is 5.32 Å². The van der Waals surface area contributed by atoms with Crippen LogP contribution in [0, 0.1) is 12.7 Å². The van der Waals surface area contributed by atoms with E-state index in [9.17, 15) is 4.79 Å². The lowest BCUT2D eigenvalue weighted by atomic mass is 9.85. The number of halogens is 1. The van der Waals surface area contributed by atoms with Crippen molar-refractivity contribution in [3.63, 3.8) is 0 Å². The third-order valence-corrected chi connectivity index (χ3v) is 7.11. The Morgan fingerprint density at radius 2 is 1.81 bits per heavy atom. The van der Waals surface area contributed by atoms with Crippen LogP contribution < -0.4 is 10.6 Å². The van der Waals surface area contributed by atoms with Gasteiger partial charge in [-0.25, -0.2) is 13.9 Å². The summed E-state index contributed by atoms with van der Waals surface area (Å²) in [6.07, 6.45) is 4.09. The van der Waals surface area contributed by atoms with E-state index >= 15 is 4.39 Å². The quantitative estimate of drug-likeness (QED) is 0.314. The molecule has 2 aromatic carbocycles. The summed E-state index contributed by atoms with van der Waals surface area (Å²) in [5, 5.41) is 13.0. The summed E-state index contributed by atoms with van der Waals surface area (Å²) in [6, 6.07) is 16.6. The summed E-state index contributed by atoms with van der Waals surface area (Å²) in [7, 11) is 2.76. The summed E-state index contributed by atoms with van der Waals surface area (Å²) in [4.78, 5) is 17.3. The summed E-state index contributed by atoms with van der Waals surface area (Å²) in [5.74, 6) is -0.730. The van der Waals surface area contributed by atoms with E-state index in [1.54, 1.807) is 21.6 Å². The van der Waals surface area contributed by atoms with Gasteiger partial charge in [-0.3, -0.25) is 14.8 Å². The fourth-order valence-electron chi connectivity index (χ4n) is 4.71. The van der Waals surface area contributed by atoms with E-state index in [1.165, 1.54) is 6.07 Å². The van der Waals surface area contributed by atoms with Crippen molar-refractivity contribution in [2.24, 2.45) is 0 Å². The molecule has 5 aromatic rings. The van der Waals surface area contributed by atoms with Crippen molar-refractivity contribution in [1.82, 2.24) is 24.4 Å². The number of carbonyl (C=O) groups is 1. The molecule has 0 radical (unpaired) electrons. The topological polar surface area (TPSA) is 77.1 Å². The van der Waals surface area contributed by atoms with Gasteiger partial charge in [-0.2, -0.15) is 5.10 Å². The van der Waals surface area contributed by atoms with Crippen LogP contribution in [0.2, 0.25) is 0 Å². The second-order valence-electron chi connectivity index (χ2n) is 8.88. The molecule has 2 unspecified atom stereocenters. The van der Waals surface area contributed by atoms with Gasteiger partial charge in [0.05, 0.1) is 17.1 Å². The van der Waals surface area contributed by atoms with E-state index in [0.717, 1.165) is 33.2 Å². The number of fused-ring (bicyclic) bond motifs is 1. The van der Waals surface area contributed by atoms with Crippen LogP contribution >= 0.6 is 9.24 Å². The van der Waals surface area contributed by atoms with E-state index in [-0.39, 0.29) is 17.7 Å². The molecule has 0 saturated heterocycles. The Balaban J connectivity index is 1.65. The molecule has 0 spiro atoms. The second kappa shape index (κ2) is 10.2. The van der Waals surface area contributed by atoms with Gasteiger partial charge in [0, 0.05) is 29.4 Å². The number of rotatable bonds is 7. The monoisotopic (exact) mass is 514 g/mol. The third-order valence-electron chi connectivity index (χ3n) is 6.58. The number of nitrogens with zero attached hydrogens (tertiary/aromatic N) is 5. The molecule has 37 heavy (non-hydrogen) atoms. The highest BCUT2D eigenvalue weighted by Crippen LogP contribution is 2.36. The average molecular weight is 515 g/mol. The molecule has 0 bridgehead atoms. The molecule has 3 heterocycles. The molecule has 1 N–H and O–H groups in total. The molecule has 5 rings (SSSR count). The number of pyridine rings is 1. The van der Waals surface area contributed by atoms with Crippen molar-refractivity contribution < 1.29 is 9.18 Å². The maximum absolute atomic E-state index is 15.2. The van der Waals surface area contributed by atoms with Crippen LogP contribution in [0.15, 0.2) is 67.1 Å². The standard InChI is InChI=1S/C28H28FN6OP/c1-4-18-23-14-21(27(36)31-28-30-16-34(5-2)33-28)17(3)15-35(23)32-26(18)25(19-10-6-8-12-22(19)29)20-11-7-9-13-24(20)37/h6-16,25H,4-5,37H2,1-3H3,(H,31,33,36). The number of anilines is 1. The summed E-state index contributed by atoms with van der Waals surface area (Å²) in [5.41, 5.74) is 5.32. The Labute approximate surface area is 216 Å². The number of hydrogen-bond acceptors (Lipinski definition) is 4. The average Bonchev–Trinajstić information content (AvgIpc) is 3.49. The van der Waals surface area contributed by atoms with Gasteiger partial charge in [0.1, 0.15) is 12.1 Å². The van der Waals surface area contributed by atoms with E-state index in [1.807, 2.05) is 69.4 Å². The zero-order valence-electron chi connectivity index (χ0n) is 20.9. The van der Waals surface area contributed by atoms with Gasteiger partial charge in [0.15, 0.2) is 0 Å². The van der Waals surface area contributed by atoms with Crippen LogP contribution in [0.5, 0.6) is 0 Å². The molecule has 0 saturated carbocycles. The van der Waals surface area contributed by atoms with Crippen LogP contribution in [-0.2, 0) is 13.0 Å². The zero-order valence-corrected chi connectivity index (χ0v) is 22.1. The van der Waals surface area contributed by atoms with Gasteiger partial charge in [-0.05, 0) is 48.8 Å². The van der Waals surface area contributed by atoms with Crippen molar-refractivity contribution in [3.05, 3.63) is 106 Å². The molecule has 0 aliphatic rings. The van der Waals surface area contributed by atoms with Gasteiger partial charge in [-0.15, -0.1) is 14.3 Å². The molecule has 9 heteroatoms. The zero-order chi connectivity index (χ0) is 26.1. The lowest BCUT2D eigenvalue weighted by molar-refractivity contribution is 0.102. The molecular formula is C28H28FN6OP. The molecule has 3 aromatic heterocycles. The fourth-order valence-corrected chi connectivity index (χ4v) is 5.09. The van der Waals surface area contributed by atoms with Gasteiger partial charge in [0.2, 0.25) is 5.95 Å². The SMILES string of the molecule is CCc1c(C(c2ccccc2F)c2ccccc2P)nn2cc(C)c(C(=O)Nc3ncn(CC)n3)cc12. The Kier molecular flexibility index (Phi) is 6.85. The first-order chi connectivity index (χ1) is 17.9. The van der Waals surface area contributed by atoms with Crippen LogP contribution in [0.1, 0.15) is 58.1 Å². The molecule has 7 nitrogen and oxygen atoms in total. The number of hydrogen-bond donors (Lipinski definition) is 1. The molecule has 0 fully saturated rings. The van der Waals surface area contributed by atoms with Crippen LogP contribution in [0.3, 0.4) is 0 Å². The minimum Gasteiger partial charge on any atom is -0.289 e. The van der Waals surface area contributed by atoms with E-state index in [4.69, 9.17) is 5.10 Å². The highest BCUT2D eigenvalue weighted by atomic mass is 31.0. The van der Waals surface area contributed by atoms with Gasteiger partial charge in [-0.1, -0.05) is 49.4 Å². The normalized spacial score (nSPS) is 12.1. The number of carbonyl (C=O) groups excluding carboxylic acids is 1. The summed E-state index contributed by atoms with van der Waals surface area (Å²) < 4.78 is 18.6. The fraction of sp³-hybridized carbons (Fsp3) is 0.214. The van der Waals surface area contributed by atoms with Crippen molar-refractivity contribution in [2.45, 2.75) is 39.7 Å². The smallest absolute Gasteiger partial charge is 0.258 e. The molecule has 0 aliphatic carbocycles. The van der Waals surface area contributed by atoms with Crippen molar-refractivity contribution in [1.29, 1.82) is 0 Å². The van der Waals surface area contributed by atoms with Crippen LogP contribution in [0.4, 0.5) is 10.3 Å². The van der Waals surface area contributed by atoms with Crippen LogP contribution in [0.25, 0.3) is 5.52 Å². The maximum Gasteiger partial charge on any atom is 0.258 e. The third kappa shape index (κ3) is 4.65. The number of aryl methyl sites for hydroxylation is 3. The first-order valence-electron chi connectivity index (χ1n) is 12.2. The highest BCUT2D eigenvalue weighted by Gasteiger charge is 2.28. The van der Waals surface area contributed by atoms with Gasteiger partial charge < -0.3 is 0 Å². The Bertz CT molecular complexity index is 1560. The number of amides is 1. The van der Waals surface area contributed by atoms with E-state index < -0.39 is 5.92 Å². The van der Waals surface area contributed by atoms with Crippen LogP contribution in [-0.4, -0.2) is 30.3 Å². The first kappa shape index (κ1) is 24.8. The number of nitrogens with one attached hydrogen (secondary N) is 1. The molecular weight excluding hydrogens is 486 g/mol. The maximum atomic E-state index is 15.2. The minimum atomic E-state index is -0.412. The lowest BCUT2D eigenvalue weighted by Crippen LogP contribution is -2.15. The second-order valence-corrected chi connectivity index (χ2v) is 9.50. The Morgan fingerprint density at radius 3 is 2.49 bits per heavy atom. The summed E-state index contributed by atoms with van der Waals surface area (Å²) >= 11 is 0. The van der Waals surface area contributed by atoms with E-state index in [0.29, 0.717) is 24.1 Å². The van der Waals surface area contributed by atoms with Crippen molar-refractivity contribution in [3.8, 4) is 0 Å². The number of benzene rings is 2. The molecule has 2 atom stereocenters. The Morgan fingerprint density at radius 1 is 1.08 bits per heavy atom. The van der Waals surface area contributed by atoms with E-state index in [2.05, 4.69) is 24.6 Å². The van der Waals surface area contributed by atoms with Crippen molar-refractivity contribution >= 4 is 31.9 Å². The Hall–Kier alpha value is -3.90. The minimum absolute atomic E-state index is 0.257. The predicted octanol–water partition coefficient (Wildman–Crippen LogP) is 4.89. The summed E-state index contributed by atoms with van der Waals surface area (Å²) in [6.45, 7) is 6.53. The molecule has 188 valence electrons. The highest BCUT2D eigenvalue weighted by molar-refractivity contribution is 7.27. The lowest BCUT2D eigenvalue weighted by Gasteiger charge is -2.20. The number of aromatic nitrogens is 5. The molecule has 0 aliphatic heterocycles. The van der Waals surface area contributed by atoms with Gasteiger partial charge in [0.25, 0.3) is 5.91 Å². The van der Waals surface area contributed by atoms with Gasteiger partial charge >= 0.3 is 0 Å². The predicted molar refractivity (Wildman–Crippen MR) is 146 cm³/mol.